The molecule has 5 aliphatic carbocycles. The van der Waals surface area contributed by atoms with Crippen molar-refractivity contribution in [2.24, 2.45) is 50.2 Å². The predicted molar refractivity (Wildman–Crippen MR) is 410 cm³/mol. The summed E-state index contributed by atoms with van der Waals surface area (Å²) in [5.74, 6) is -0.851. The van der Waals surface area contributed by atoms with Crippen molar-refractivity contribution >= 4 is 5.97 Å². The van der Waals surface area contributed by atoms with Crippen molar-refractivity contribution in [2.75, 3.05) is 39.6 Å². The lowest BCUT2D eigenvalue weighted by Crippen LogP contribution is -2.66. The first-order valence-corrected chi connectivity index (χ1v) is 43.8. The SMILES string of the molecule is C[C@@H]1O[C@@H](O[C@H]2[C@H](O[C@H]3CC[C@]4(C)[C@H]5CC=C6[C@@H]7CC(C)(C)CC[C@]7(C(=O)O[C@H]7O[C@H](CO[C@H]8O[C@H](CO)[C@@H](O[C@H]9O[C@H](C)[C@@H](O)[C@H](O)[C@@H]9O)[C@H](O)[C@H]8O)[C@@H](O)[C@H](O)[C@H]7O)CC[C@@]6(C)[C@]5(C)CC[C@H]4C3(C)C)OC[C@H](O)[C@@H]2O)[C@H](O)[C@H](O[C@@H]2OC[C@@H](O[C@@H]3O[C@H](CO[C@@H]4O[C@H](CO[C@@H]5O[C@H](C)[C@@H](O)[C@H](O)[C@@H]5O)[C@@H](O)[C@H](O)[C@H]4O)[C@@H](O)[C@H](O)[C@H]3O)[C@@H](O)[C@H]2O)[C@H]1O. The fraction of sp³-hybridized carbons (Fsp3) is 0.963. The number of aliphatic hydroxyl groups is 24. The number of aliphatic hydroxyl groups excluding tert-OH is 24. The summed E-state index contributed by atoms with van der Waals surface area (Å²) in [6.45, 7) is 15.9. The first-order chi connectivity index (χ1) is 58.6. The normalized spacial score (nSPS) is 54.9. The average molecular weight is 1810 g/mol. The fourth-order valence-electron chi connectivity index (χ4n) is 22.9. The molecule has 0 bridgehead atoms. The Bertz CT molecular complexity index is 3610. The van der Waals surface area contributed by atoms with Crippen molar-refractivity contribution in [3.8, 4) is 0 Å². The Balaban J connectivity index is 0.590. The average Bonchev–Trinajstić information content (AvgIpc) is 0.673. The summed E-state index contributed by atoms with van der Waals surface area (Å²) >= 11 is 0. The van der Waals surface area contributed by atoms with Gasteiger partial charge in [0.1, 0.15) is 189 Å². The smallest absolute Gasteiger partial charge is 0.315 e. The third-order valence-electron chi connectivity index (χ3n) is 31.1. The van der Waals surface area contributed by atoms with Crippen LogP contribution in [0.2, 0.25) is 0 Å². The van der Waals surface area contributed by atoms with Crippen LogP contribution in [0.15, 0.2) is 11.6 Å². The highest BCUT2D eigenvalue weighted by atomic mass is 16.8. The van der Waals surface area contributed by atoms with E-state index in [0.29, 0.717) is 51.4 Å². The second-order valence-corrected chi connectivity index (χ2v) is 39.5. The zero-order valence-corrected chi connectivity index (χ0v) is 71.5. The summed E-state index contributed by atoms with van der Waals surface area (Å²) in [5.41, 5.74) is -1.87. The van der Waals surface area contributed by atoms with Crippen molar-refractivity contribution in [1.82, 2.24) is 0 Å². The summed E-state index contributed by atoms with van der Waals surface area (Å²) in [6, 6.07) is 0. The lowest BCUT2D eigenvalue weighted by atomic mass is 9.33. The molecule has 9 aliphatic heterocycles. The minimum atomic E-state index is -2.06. The van der Waals surface area contributed by atoms with Crippen LogP contribution in [0.25, 0.3) is 0 Å². The van der Waals surface area contributed by atoms with Crippen molar-refractivity contribution in [3.63, 3.8) is 0 Å². The molecule has 13 fully saturated rings. The maximum absolute atomic E-state index is 15.4. The molecule has 43 heteroatoms. The summed E-state index contributed by atoms with van der Waals surface area (Å²) in [6.07, 6.45) is -65.4. The fourth-order valence-corrected chi connectivity index (χ4v) is 22.9. The van der Waals surface area contributed by atoms with Crippen LogP contribution in [0.5, 0.6) is 0 Å². The molecule has 0 unspecified atom stereocenters. The first-order valence-electron chi connectivity index (χ1n) is 43.8. The number of fused-ring (bicyclic) bond motifs is 7. The van der Waals surface area contributed by atoms with Gasteiger partial charge in [0, 0.05) is 0 Å². The van der Waals surface area contributed by atoms with Gasteiger partial charge in [-0.05, 0) is 130 Å². The van der Waals surface area contributed by atoms with Crippen molar-refractivity contribution in [1.29, 1.82) is 0 Å². The standard InChI is InChI=1S/C82H134O43/c1-28-42(85)50(93)57(100)67(113-28)109-24-35-46(89)52(95)58(101)68(117-35)110-25-36-47(90)53(96)60(103)72(118-36)119-38-27-112-70(56(99)49(38)92)123-65-44(87)30(3)115-74(63(65)106)124-66-45(88)33(84)23-108-75(66)121-41-14-15-79(8)39(78(41,6)7)13-16-81(10)40(79)12-11-31-32-21-77(4,5)17-19-82(32,20-18-80(31,81)9)76(107)125-73-61(104)54(97)48(91)37(120-73)26-111-69-62(105)55(98)64(34(22-83)116-69)122-71-59(102)51(94)43(86)29(2)114-71/h11,28-30,32-75,83-106H,12-27H2,1-10H3/t28-,29-,30+,32+,33+,34-,35-,36-,37-,38-,39+,40-,41+,42-,43-,44+,45+,46-,47-,48-,49-,50+,51+,52+,53+,54+,55-,56-,57+,58-,59+,60-,61-,62-,63-,64-,65-,66-,67-,68-,69+,70+,71-,72+,73-,74+,75+,79+,80-,81-,82+/m1/s1. The Labute approximate surface area is 721 Å². The van der Waals surface area contributed by atoms with E-state index >= 15 is 4.79 Å². The first kappa shape index (κ1) is 98.6. The molecule has 0 spiro atoms. The molecule has 125 heavy (non-hydrogen) atoms. The van der Waals surface area contributed by atoms with Gasteiger partial charge in [0.15, 0.2) is 50.3 Å². The van der Waals surface area contributed by atoms with Gasteiger partial charge in [-0.15, -0.1) is 0 Å². The lowest BCUT2D eigenvalue weighted by molar-refractivity contribution is -0.383. The molecular formula is C82H134O43. The molecule has 4 saturated carbocycles. The molecule has 14 aliphatic rings. The van der Waals surface area contributed by atoms with Gasteiger partial charge in [0.05, 0.1) is 69.5 Å². The summed E-state index contributed by atoms with van der Waals surface area (Å²) in [5, 5.41) is 264. The number of allylic oxidation sites excluding steroid dienone is 2. The van der Waals surface area contributed by atoms with E-state index in [0.717, 1.165) is 18.4 Å². The van der Waals surface area contributed by atoms with Crippen LogP contribution in [-0.2, 0) is 90.1 Å². The predicted octanol–water partition coefficient (Wildman–Crippen LogP) is -8.55. The number of carbonyl (C=O) groups excluding carboxylic acids is 1. The van der Waals surface area contributed by atoms with E-state index in [1.54, 1.807) is 0 Å². The van der Waals surface area contributed by atoms with Gasteiger partial charge in [-0.25, -0.2) is 0 Å². The molecule has 0 radical (unpaired) electrons. The van der Waals surface area contributed by atoms with E-state index < -0.39 is 325 Å². The van der Waals surface area contributed by atoms with Gasteiger partial charge < -0.3 is 208 Å². The van der Waals surface area contributed by atoms with Crippen LogP contribution in [0.4, 0.5) is 0 Å². The Morgan fingerprint density at radius 1 is 0.384 bits per heavy atom. The van der Waals surface area contributed by atoms with Crippen LogP contribution in [0, 0.1) is 50.2 Å². The maximum Gasteiger partial charge on any atom is 0.315 e. The molecule has 9 heterocycles. The largest absolute Gasteiger partial charge is 0.432 e. The summed E-state index contributed by atoms with van der Waals surface area (Å²) in [4.78, 5) is 15.4. The van der Waals surface area contributed by atoms with E-state index in [1.807, 2.05) is 0 Å². The minimum Gasteiger partial charge on any atom is -0.432 e. The van der Waals surface area contributed by atoms with Crippen LogP contribution < -0.4 is 0 Å². The topological polar surface area (TPSA) is 669 Å². The Kier molecular flexibility index (Phi) is 30.0. The number of hydrogen-bond acceptors (Lipinski definition) is 43. The number of hydrogen-bond donors (Lipinski definition) is 24. The van der Waals surface area contributed by atoms with Gasteiger partial charge in [-0.3, -0.25) is 4.79 Å². The number of ether oxygens (including phenoxy) is 18. The Morgan fingerprint density at radius 3 is 1.41 bits per heavy atom. The van der Waals surface area contributed by atoms with E-state index in [2.05, 4.69) is 54.5 Å². The van der Waals surface area contributed by atoms with Crippen LogP contribution >= 0.6 is 0 Å². The van der Waals surface area contributed by atoms with E-state index in [4.69, 9.17) is 85.3 Å². The number of esters is 1. The molecule has 14 rings (SSSR count). The van der Waals surface area contributed by atoms with Crippen LogP contribution in [0.3, 0.4) is 0 Å². The summed E-state index contributed by atoms with van der Waals surface area (Å²) in [7, 11) is 0. The number of carbonyl (C=O) groups is 1. The van der Waals surface area contributed by atoms with Gasteiger partial charge in [-0.1, -0.05) is 60.1 Å². The van der Waals surface area contributed by atoms with Crippen molar-refractivity contribution in [3.05, 3.63) is 11.6 Å². The highest BCUT2D eigenvalue weighted by Crippen LogP contribution is 2.76. The second-order valence-electron chi connectivity index (χ2n) is 39.5. The highest BCUT2D eigenvalue weighted by molar-refractivity contribution is 5.79. The van der Waals surface area contributed by atoms with E-state index in [-0.39, 0.29) is 40.6 Å². The molecule has 720 valence electrons. The van der Waals surface area contributed by atoms with Gasteiger partial charge in [0.25, 0.3) is 0 Å². The number of rotatable bonds is 22. The zero-order chi connectivity index (χ0) is 91.0. The quantitative estimate of drug-likeness (QED) is 0.0272. The Hall–Kier alpha value is -2.43. The zero-order valence-electron chi connectivity index (χ0n) is 71.5. The summed E-state index contributed by atoms with van der Waals surface area (Å²) < 4.78 is 106. The van der Waals surface area contributed by atoms with Gasteiger partial charge >= 0.3 is 5.97 Å². The van der Waals surface area contributed by atoms with E-state index in [9.17, 15) is 123 Å². The molecule has 0 aromatic rings. The van der Waals surface area contributed by atoms with E-state index in [1.165, 1.54) is 20.8 Å². The third-order valence-corrected chi connectivity index (χ3v) is 31.1. The second kappa shape index (κ2) is 38.0. The molecule has 43 nitrogen and oxygen atoms in total. The van der Waals surface area contributed by atoms with Crippen LogP contribution in [-0.4, -0.2) is 438 Å². The van der Waals surface area contributed by atoms with Crippen molar-refractivity contribution in [2.45, 2.75) is 404 Å². The molecule has 24 N–H and O–H groups in total. The maximum atomic E-state index is 15.4. The molecular weight excluding hydrogens is 1670 g/mol. The molecule has 51 atom stereocenters. The lowest BCUT2D eigenvalue weighted by Gasteiger charge is -2.71. The molecule has 0 aromatic heterocycles. The van der Waals surface area contributed by atoms with Gasteiger partial charge in [0.2, 0.25) is 6.29 Å². The molecule has 9 saturated heterocycles. The van der Waals surface area contributed by atoms with Crippen molar-refractivity contribution < 1.29 is 213 Å². The minimum absolute atomic E-state index is 0.0268. The van der Waals surface area contributed by atoms with Crippen LogP contribution in [0.1, 0.15) is 133 Å². The molecule has 0 aromatic carbocycles. The molecule has 0 amide bonds. The Morgan fingerprint density at radius 2 is 0.832 bits per heavy atom. The highest BCUT2D eigenvalue weighted by Gasteiger charge is 2.71. The monoisotopic (exact) mass is 1810 g/mol. The van der Waals surface area contributed by atoms with Gasteiger partial charge in [-0.2, -0.15) is 0 Å². The third kappa shape index (κ3) is 18.1.